The van der Waals surface area contributed by atoms with Crippen molar-refractivity contribution in [3.63, 3.8) is 0 Å². The van der Waals surface area contributed by atoms with Gasteiger partial charge in [-0.1, -0.05) is 11.6 Å². The predicted octanol–water partition coefficient (Wildman–Crippen LogP) is 3.23. The number of ether oxygens (including phenoxy) is 1. The van der Waals surface area contributed by atoms with Crippen LogP contribution in [0.25, 0.3) is 0 Å². The maximum Gasteiger partial charge on any atom is 0.122 e. The fourth-order valence-electron chi connectivity index (χ4n) is 2.49. The zero-order valence-corrected chi connectivity index (χ0v) is 11.3. The molecular weight excluding hydrogens is 253 g/mol. The van der Waals surface area contributed by atoms with Crippen molar-refractivity contribution in [2.24, 2.45) is 5.92 Å². The van der Waals surface area contributed by atoms with Crippen molar-refractivity contribution in [1.29, 1.82) is 0 Å². The van der Waals surface area contributed by atoms with E-state index in [0.29, 0.717) is 11.4 Å². The van der Waals surface area contributed by atoms with Gasteiger partial charge in [0.05, 0.1) is 7.11 Å². The van der Waals surface area contributed by atoms with Crippen molar-refractivity contribution in [1.82, 2.24) is 5.32 Å². The van der Waals surface area contributed by atoms with Gasteiger partial charge < -0.3 is 10.1 Å². The van der Waals surface area contributed by atoms with Crippen LogP contribution >= 0.6 is 11.6 Å². The van der Waals surface area contributed by atoms with E-state index in [1.165, 1.54) is 0 Å². The molecule has 1 heterocycles. The van der Waals surface area contributed by atoms with E-state index in [1.807, 2.05) is 0 Å². The summed E-state index contributed by atoms with van der Waals surface area (Å²) >= 11 is 5.96. The molecule has 1 aromatic carbocycles. The molecule has 1 aliphatic heterocycles. The van der Waals surface area contributed by atoms with Crippen LogP contribution in [0.5, 0.6) is 5.75 Å². The minimum Gasteiger partial charge on any atom is -0.496 e. The molecule has 0 spiro atoms. The maximum absolute atomic E-state index is 14.3. The normalized spacial score (nSPS) is 18.6. The Kier molecular flexibility index (Phi) is 4.84. The van der Waals surface area contributed by atoms with Crippen LogP contribution in [0.15, 0.2) is 18.2 Å². The quantitative estimate of drug-likeness (QED) is 0.908. The van der Waals surface area contributed by atoms with Gasteiger partial charge in [-0.3, -0.25) is 0 Å². The third kappa shape index (κ3) is 3.36. The third-order valence-corrected chi connectivity index (χ3v) is 3.79. The maximum atomic E-state index is 14.3. The number of benzene rings is 1. The van der Waals surface area contributed by atoms with Crippen LogP contribution in [0.2, 0.25) is 5.02 Å². The number of piperidine rings is 1. The van der Waals surface area contributed by atoms with Crippen molar-refractivity contribution in [2.75, 3.05) is 20.2 Å². The van der Waals surface area contributed by atoms with Gasteiger partial charge in [0.25, 0.3) is 0 Å². The van der Waals surface area contributed by atoms with Crippen LogP contribution in [0.3, 0.4) is 0 Å². The molecule has 0 radical (unpaired) electrons. The van der Waals surface area contributed by atoms with Crippen molar-refractivity contribution in [2.45, 2.75) is 25.4 Å². The van der Waals surface area contributed by atoms with Crippen LogP contribution in [0.1, 0.15) is 18.4 Å². The Labute approximate surface area is 112 Å². The molecular formula is C14H19ClFNO. The van der Waals surface area contributed by atoms with Crippen molar-refractivity contribution in [3.05, 3.63) is 28.8 Å². The molecule has 1 N–H and O–H groups in total. The van der Waals surface area contributed by atoms with Gasteiger partial charge in [0.2, 0.25) is 0 Å². The summed E-state index contributed by atoms with van der Waals surface area (Å²) < 4.78 is 19.5. The molecule has 4 heteroatoms. The zero-order chi connectivity index (χ0) is 13.0. The number of alkyl halides is 1. The molecule has 0 aliphatic carbocycles. The fourth-order valence-corrected chi connectivity index (χ4v) is 2.68. The van der Waals surface area contributed by atoms with E-state index < -0.39 is 6.17 Å². The summed E-state index contributed by atoms with van der Waals surface area (Å²) in [6, 6.07) is 5.36. The molecule has 0 aromatic heterocycles. The van der Waals surface area contributed by atoms with Gasteiger partial charge in [-0.15, -0.1) is 0 Å². The van der Waals surface area contributed by atoms with Gasteiger partial charge in [-0.25, -0.2) is 4.39 Å². The van der Waals surface area contributed by atoms with Gasteiger partial charge in [-0.2, -0.15) is 0 Å². The van der Waals surface area contributed by atoms with E-state index in [1.54, 1.807) is 25.3 Å². The highest BCUT2D eigenvalue weighted by Crippen LogP contribution is 2.28. The second-order valence-corrected chi connectivity index (χ2v) is 5.20. The van der Waals surface area contributed by atoms with E-state index in [4.69, 9.17) is 16.3 Å². The van der Waals surface area contributed by atoms with Crippen molar-refractivity contribution in [3.8, 4) is 5.75 Å². The summed E-state index contributed by atoms with van der Waals surface area (Å²) in [5.74, 6) is 0.867. The lowest BCUT2D eigenvalue weighted by atomic mass is 9.89. The second kappa shape index (κ2) is 6.39. The van der Waals surface area contributed by atoms with Crippen LogP contribution in [-0.4, -0.2) is 26.4 Å². The minimum atomic E-state index is -0.820. The van der Waals surface area contributed by atoms with Gasteiger partial charge in [-0.05, 0) is 55.6 Å². The number of hydrogen-bond acceptors (Lipinski definition) is 2. The van der Waals surface area contributed by atoms with E-state index in [-0.39, 0.29) is 5.92 Å². The largest absolute Gasteiger partial charge is 0.496 e. The average molecular weight is 272 g/mol. The average Bonchev–Trinajstić information content (AvgIpc) is 2.40. The van der Waals surface area contributed by atoms with Crippen LogP contribution < -0.4 is 10.1 Å². The van der Waals surface area contributed by atoms with E-state index in [2.05, 4.69) is 5.32 Å². The summed E-state index contributed by atoms with van der Waals surface area (Å²) in [5, 5.41) is 3.88. The molecule has 1 fully saturated rings. The Morgan fingerprint density at radius 1 is 1.44 bits per heavy atom. The highest BCUT2D eigenvalue weighted by Gasteiger charge is 2.24. The SMILES string of the molecule is COc1ccc(Cl)cc1CC(F)C1CCNCC1. The Balaban J connectivity index is 2.05. The van der Waals surface area contributed by atoms with Gasteiger partial charge in [0.1, 0.15) is 11.9 Å². The van der Waals surface area contributed by atoms with Crippen LogP contribution in [0.4, 0.5) is 4.39 Å². The summed E-state index contributed by atoms with van der Waals surface area (Å²) in [6.07, 6.45) is 1.38. The lowest BCUT2D eigenvalue weighted by molar-refractivity contribution is 0.186. The van der Waals surface area contributed by atoms with Crippen LogP contribution in [-0.2, 0) is 6.42 Å². The first-order chi connectivity index (χ1) is 8.70. The Morgan fingerprint density at radius 3 is 2.83 bits per heavy atom. The topological polar surface area (TPSA) is 21.3 Å². The molecule has 1 aromatic rings. The second-order valence-electron chi connectivity index (χ2n) is 4.76. The van der Waals surface area contributed by atoms with Crippen LogP contribution in [0, 0.1) is 5.92 Å². The van der Waals surface area contributed by atoms with Crippen molar-refractivity contribution < 1.29 is 9.13 Å². The predicted molar refractivity (Wildman–Crippen MR) is 72.2 cm³/mol. The van der Waals surface area contributed by atoms with Gasteiger partial charge >= 0.3 is 0 Å². The first kappa shape index (κ1) is 13.6. The smallest absolute Gasteiger partial charge is 0.122 e. The molecule has 2 nitrogen and oxygen atoms in total. The summed E-state index contributed by atoms with van der Waals surface area (Å²) in [6.45, 7) is 1.83. The molecule has 0 saturated carbocycles. The standard InChI is InChI=1S/C14H19ClFNO/c1-18-14-3-2-12(15)8-11(14)9-13(16)10-4-6-17-7-5-10/h2-3,8,10,13,17H,4-7,9H2,1H3. The van der Waals surface area contributed by atoms with Gasteiger partial charge in [0.15, 0.2) is 0 Å². The number of methoxy groups -OCH3 is 1. The number of nitrogens with one attached hydrogen (secondary N) is 1. The Hall–Kier alpha value is -0.800. The summed E-state index contributed by atoms with van der Waals surface area (Å²) in [4.78, 5) is 0. The first-order valence-corrected chi connectivity index (χ1v) is 6.75. The molecule has 1 unspecified atom stereocenters. The monoisotopic (exact) mass is 271 g/mol. The molecule has 0 bridgehead atoms. The summed E-state index contributed by atoms with van der Waals surface area (Å²) in [7, 11) is 1.60. The minimum absolute atomic E-state index is 0.148. The highest BCUT2D eigenvalue weighted by molar-refractivity contribution is 6.30. The Bertz CT molecular complexity index is 393. The lowest BCUT2D eigenvalue weighted by Gasteiger charge is -2.26. The number of halogens is 2. The van der Waals surface area contributed by atoms with Crippen molar-refractivity contribution >= 4 is 11.6 Å². The zero-order valence-electron chi connectivity index (χ0n) is 10.6. The molecule has 1 atom stereocenters. The number of hydrogen-bond donors (Lipinski definition) is 1. The Morgan fingerprint density at radius 2 is 2.17 bits per heavy atom. The fraction of sp³-hybridized carbons (Fsp3) is 0.571. The van der Waals surface area contributed by atoms with E-state index in [9.17, 15) is 4.39 Å². The summed E-state index contributed by atoms with van der Waals surface area (Å²) in [5.41, 5.74) is 0.857. The molecule has 0 amide bonds. The molecule has 2 rings (SSSR count). The third-order valence-electron chi connectivity index (χ3n) is 3.55. The lowest BCUT2D eigenvalue weighted by Crippen LogP contribution is -2.33. The van der Waals surface area contributed by atoms with E-state index >= 15 is 0 Å². The first-order valence-electron chi connectivity index (χ1n) is 6.38. The highest BCUT2D eigenvalue weighted by atomic mass is 35.5. The number of rotatable bonds is 4. The molecule has 100 valence electrons. The molecule has 1 saturated heterocycles. The molecule has 1 aliphatic rings. The van der Waals surface area contributed by atoms with Gasteiger partial charge in [0, 0.05) is 11.4 Å². The molecule has 18 heavy (non-hydrogen) atoms. The van der Waals surface area contributed by atoms with E-state index in [0.717, 1.165) is 37.2 Å².